The molecule has 138 valence electrons. The van der Waals surface area contributed by atoms with Crippen LogP contribution in [-0.4, -0.2) is 19.2 Å². The first-order valence-electron chi connectivity index (χ1n) is 9.28. The number of esters is 1. The van der Waals surface area contributed by atoms with Gasteiger partial charge < -0.3 is 9.47 Å². The second-order valence-corrected chi connectivity index (χ2v) is 6.28. The molecule has 3 aromatic carbocycles. The summed E-state index contributed by atoms with van der Waals surface area (Å²) in [7, 11) is 0. The molecule has 0 atom stereocenters. The number of carbonyl (C=O) groups excluding carboxylic acids is 1. The van der Waals surface area contributed by atoms with E-state index < -0.39 is 0 Å². The number of unbranched alkanes of at least 4 members (excludes halogenated alkanes) is 1. The van der Waals surface area contributed by atoms with Crippen molar-refractivity contribution in [2.24, 2.45) is 0 Å². The maximum Gasteiger partial charge on any atom is 0.338 e. The molecule has 0 aliphatic rings. The Kier molecular flexibility index (Phi) is 7.19. The fourth-order valence-corrected chi connectivity index (χ4v) is 2.87. The number of hydrogen-bond donors (Lipinski definition) is 0. The third-order valence-corrected chi connectivity index (χ3v) is 4.27. The highest BCUT2D eigenvalue weighted by Crippen LogP contribution is 2.25. The van der Waals surface area contributed by atoms with Crippen LogP contribution >= 0.6 is 0 Å². The molecule has 0 spiro atoms. The monoisotopic (exact) mass is 360 g/mol. The molecule has 0 saturated heterocycles. The average Bonchev–Trinajstić information content (AvgIpc) is 2.75. The lowest BCUT2D eigenvalue weighted by Crippen LogP contribution is -2.09. The van der Waals surface area contributed by atoms with E-state index in [2.05, 4.69) is 24.3 Å². The van der Waals surface area contributed by atoms with Gasteiger partial charge in [-0.25, -0.2) is 4.79 Å². The van der Waals surface area contributed by atoms with E-state index in [4.69, 9.17) is 9.47 Å². The van der Waals surface area contributed by atoms with Gasteiger partial charge in [-0.3, -0.25) is 0 Å². The third-order valence-electron chi connectivity index (χ3n) is 4.27. The van der Waals surface area contributed by atoms with E-state index in [9.17, 15) is 4.79 Å². The first kappa shape index (κ1) is 18.9. The third kappa shape index (κ3) is 5.80. The largest absolute Gasteiger partial charge is 0.462 e. The molecule has 0 radical (unpaired) electrons. The van der Waals surface area contributed by atoms with Crippen molar-refractivity contribution in [1.29, 1.82) is 0 Å². The van der Waals surface area contributed by atoms with Crippen LogP contribution in [0.5, 0.6) is 0 Å². The van der Waals surface area contributed by atoms with Crippen molar-refractivity contribution in [2.45, 2.75) is 18.9 Å². The van der Waals surface area contributed by atoms with Crippen LogP contribution in [0.1, 0.15) is 40.4 Å². The van der Waals surface area contributed by atoms with Gasteiger partial charge in [-0.1, -0.05) is 78.9 Å². The first-order chi connectivity index (χ1) is 13.3. The molecule has 0 aliphatic heterocycles. The van der Waals surface area contributed by atoms with Crippen LogP contribution in [0.15, 0.2) is 91.0 Å². The molecule has 0 aromatic heterocycles. The van der Waals surface area contributed by atoms with Gasteiger partial charge in [-0.05, 0) is 36.1 Å². The fraction of sp³-hybridized carbons (Fsp3) is 0.208. The van der Waals surface area contributed by atoms with E-state index in [1.165, 1.54) is 0 Å². The minimum absolute atomic E-state index is 0.0840. The van der Waals surface area contributed by atoms with Gasteiger partial charge >= 0.3 is 5.97 Å². The Bertz CT molecular complexity index is 761. The van der Waals surface area contributed by atoms with E-state index in [1.54, 1.807) is 12.1 Å². The normalized spacial score (nSPS) is 10.7. The van der Waals surface area contributed by atoms with E-state index in [-0.39, 0.29) is 12.1 Å². The van der Waals surface area contributed by atoms with Crippen LogP contribution in [0.4, 0.5) is 0 Å². The van der Waals surface area contributed by atoms with Gasteiger partial charge in [0.2, 0.25) is 0 Å². The molecule has 0 unspecified atom stereocenters. The molecule has 0 fully saturated rings. The van der Waals surface area contributed by atoms with Crippen LogP contribution in [0, 0.1) is 0 Å². The molecule has 3 rings (SSSR count). The van der Waals surface area contributed by atoms with E-state index in [1.807, 2.05) is 54.6 Å². The van der Waals surface area contributed by atoms with Crippen LogP contribution in [0.25, 0.3) is 0 Å². The molecule has 3 nitrogen and oxygen atoms in total. The van der Waals surface area contributed by atoms with Gasteiger partial charge in [-0.15, -0.1) is 0 Å². The lowest BCUT2D eigenvalue weighted by molar-refractivity contribution is 0.0454. The summed E-state index contributed by atoms with van der Waals surface area (Å²) in [4.78, 5) is 11.9. The van der Waals surface area contributed by atoms with E-state index in [0.29, 0.717) is 18.8 Å². The van der Waals surface area contributed by atoms with Gasteiger partial charge in [0.25, 0.3) is 0 Å². The number of ether oxygens (including phenoxy) is 2. The Labute approximate surface area is 160 Å². The first-order valence-corrected chi connectivity index (χ1v) is 9.28. The molecule has 0 N–H and O–H groups in total. The number of hydrogen-bond acceptors (Lipinski definition) is 3. The van der Waals surface area contributed by atoms with Gasteiger partial charge in [0.05, 0.1) is 12.2 Å². The van der Waals surface area contributed by atoms with Crippen LogP contribution < -0.4 is 0 Å². The number of carbonyl (C=O) groups is 1. The Morgan fingerprint density at radius 2 is 1.15 bits per heavy atom. The summed E-state index contributed by atoms with van der Waals surface area (Å²) in [5.74, 6) is -0.275. The molecule has 3 aromatic rings. The molecular formula is C24H24O3. The van der Waals surface area contributed by atoms with Crippen molar-refractivity contribution < 1.29 is 14.3 Å². The van der Waals surface area contributed by atoms with Crippen molar-refractivity contribution in [2.75, 3.05) is 13.2 Å². The van der Waals surface area contributed by atoms with Crippen molar-refractivity contribution in [3.63, 3.8) is 0 Å². The van der Waals surface area contributed by atoms with Crippen molar-refractivity contribution in [3.8, 4) is 0 Å². The van der Waals surface area contributed by atoms with Crippen LogP contribution in [0.3, 0.4) is 0 Å². The highest BCUT2D eigenvalue weighted by molar-refractivity contribution is 5.89. The minimum atomic E-state index is -0.275. The SMILES string of the molecule is O=C(OCCCCOC(c1ccccc1)c1ccccc1)c1ccccc1. The molecule has 27 heavy (non-hydrogen) atoms. The summed E-state index contributed by atoms with van der Waals surface area (Å²) in [6.07, 6.45) is 1.52. The maximum atomic E-state index is 11.9. The summed E-state index contributed by atoms with van der Waals surface area (Å²) >= 11 is 0. The van der Waals surface area contributed by atoms with Gasteiger partial charge in [0.15, 0.2) is 0 Å². The minimum Gasteiger partial charge on any atom is -0.462 e. The molecule has 0 heterocycles. The molecular weight excluding hydrogens is 336 g/mol. The zero-order valence-corrected chi connectivity index (χ0v) is 15.3. The van der Waals surface area contributed by atoms with Crippen LogP contribution in [-0.2, 0) is 9.47 Å². The zero-order valence-electron chi connectivity index (χ0n) is 15.3. The molecule has 0 saturated carbocycles. The van der Waals surface area contributed by atoms with Crippen molar-refractivity contribution in [1.82, 2.24) is 0 Å². The molecule has 3 heteroatoms. The second-order valence-electron chi connectivity index (χ2n) is 6.28. The topological polar surface area (TPSA) is 35.5 Å². The predicted molar refractivity (Wildman–Crippen MR) is 107 cm³/mol. The summed E-state index contributed by atoms with van der Waals surface area (Å²) in [5, 5.41) is 0. The molecule has 0 aliphatic carbocycles. The van der Waals surface area contributed by atoms with Gasteiger partial charge in [0, 0.05) is 6.61 Å². The lowest BCUT2D eigenvalue weighted by atomic mass is 10.0. The highest BCUT2D eigenvalue weighted by Gasteiger charge is 2.14. The van der Waals surface area contributed by atoms with Crippen molar-refractivity contribution >= 4 is 5.97 Å². The summed E-state index contributed by atoms with van der Waals surface area (Å²) in [6, 6.07) is 29.5. The highest BCUT2D eigenvalue weighted by atomic mass is 16.5. The van der Waals surface area contributed by atoms with E-state index >= 15 is 0 Å². The van der Waals surface area contributed by atoms with Gasteiger partial charge in [-0.2, -0.15) is 0 Å². The smallest absolute Gasteiger partial charge is 0.338 e. The summed E-state index contributed by atoms with van der Waals surface area (Å²) < 4.78 is 11.5. The lowest BCUT2D eigenvalue weighted by Gasteiger charge is -2.19. The Hall–Kier alpha value is -2.91. The quantitative estimate of drug-likeness (QED) is 0.377. The second kappa shape index (κ2) is 10.3. The average molecular weight is 360 g/mol. The summed E-state index contributed by atoms with van der Waals surface area (Å²) in [5.41, 5.74) is 2.86. The predicted octanol–water partition coefficient (Wildman–Crippen LogP) is 5.43. The van der Waals surface area contributed by atoms with E-state index in [0.717, 1.165) is 24.0 Å². The van der Waals surface area contributed by atoms with Crippen molar-refractivity contribution in [3.05, 3.63) is 108 Å². The molecule has 0 bridgehead atoms. The van der Waals surface area contributed by atoms with Crippen LogP contribution in [0.2, 0.25) is 0 Å². The zero-order chi connectivity index (χ0) is 18.7. The summed E-state index contributed by atoms with van der Waals surface area (Å²) in [6.45, 7) is 1.01. The Morgan fingerprint density at radius 3 is 1.70 bits per heavy atom. The maximum absolute atomic E-state index is 11.9. The van der Waals surface area contributed by atoms with Gasteiger partial charge in [0.1, 0.15) is 6.10 Å². The number of benzene rings is 3. The number of rotatable bonds is 9. The standard InChI is InChI=1S/C24H24O3/c25-24(22-16-8-3-9-17-22)27-19-11-10-18-26-23(20-12-4-1-5-13-20)21-14-6-2-7-15-21/h1-9,12-17,23H,10-11,18-19H2. The fourth-order valence-electron chi connectivity index (χ4n) is 2.87. The Morgan fingerprint density at radius 1 is 0.667 bits per heavy atom. The molecule has 0 amide bonds. The Balaban J connectivity index is 1.45.